The Kier molecular flexibility index (Phi) is 13.2. The molecule has 0 spiro atoms. The maximum atomic E-state index is 6.51. The summed E-state index contributed by atoms with van der Waals surface area (Å²) in [5.41, 5.74) is 2.12. The molecule has 0 heterocycles. The van der Waals surface area contributed by atoms with E-state index in [-0.39, 0.29) is 12.4 Å². The van der Waals surface area contributed by atoms with E-state index in [1.54, 1.807) is 0 Å². The summed E-state index contributed by atoms with van der Waals surface area (Å²) >= 11 is 12.4. The Morgan fingerprint density at radius 2 is 1.59 bits per heavy atom. The predicted molar refractivity (Wildman–Crippen MR) is 126 cm³/mol. The van der Waals surface area contributed by atoms with E-state index in [0.29, 0.717) is 34.8 Å². The van der Waals surface area contributed by atoms with Crippen LogP contribution in [-0.2, 0) is 13.2 Å². The van der Waals surface area contributed by atoms with Gasteiger partial charge >= 0.3 is 0 Å². The van der Waals surface area contributed by atoms with E-state index in [1.165, 1.54) is 32.1 Å². The summed E-state index contributed by atoms with van der Waals surface area (Å²) in [5.74, 6) is 1.27. The average Bonchev–Trinajstić information content (AvgIpc) is 2.68. The summed E-state index contributed by atoms with van der Waals surface area (Å²) in [6.07, 6.45) is 6.40. The first-order valence-corrected chi connectivity index (χ1v) is 10.9. The molecule has 0 saturated heterocycles. The first-order valence-electron chi connectivity index (χ1n) is 10.2. The molecule has 6 heteroatoms. The Labute approximate surface area is 191 Å². The third-order valence-corrected chi connectivity index (χ3v) is 4.98. The molecule has 2 rings (SSSR count). The lowest BCUT2D eigenvalue weighted by Crippen LogP contribution is -2.15. The van der Waals surface area contributed by atoms with Crippen LogP contribution in [0.4, 0.5) is 0 Å². The van der Waals surface area contributed by atoms with Gasteiger partial charge in [-0.3, -0.25) is 0 Å². The lowest BCUT2D eigenvalue weighted by molar-refractivity contribution is 0.269. The monoisotopic (exact) mass is 459 g/mol. The third kappa shape index (κ3) is 9.48. The molecule has 29 heavy (non-hydrogen) atoms. The van der Waals surface area contributed by atoms with Gasteiger partial charge in [0.05, 0.1) is 11.6 Å². The third-order valence-electron chi connectivity index (χ3n) is 4.45. The minimum atomic E-state index is 0. The molecule has 0 fully saturated rings. The fourth-order valence-electron chi connectivity index (χ4n) is 2.95. The van der Waals surface area contributed by atoms with Crippen LogP contribution >= 0.6 is 35.6 Å². The van der Waals surface area contributed by atoms with E-state index in [4.69, 9.17) is 32.7 Å². The first kappa shape index (κ1) is 25.9. The largest absolute Gasteiger partial charge is 0.490 e. The number of hydrogen-bond acceptors (Lipinski definition) is 3. The molecular formula is C23H32Cl3NO2. The van der Waals surface area contributed by atoms with Crippen molar-refractivity contribution in [2.75, 3.05) is 13.2 Å². The van der Waals surface area contributed by atoms with Gasteiger partial charge in [-0.1, -0.05) is 67.9 Å². The standard InChI is InChI=1S/C23H31Cl2NO2.ClH/c1-3-5-6-7-8-13-26-16-19-14-21(25)23(22(15-19)27-4-2)28-17-18-9-11-20(24)12-10-18;/h9-12,14-15,26H,3-8,13,16-17H2,1-2H3;1H. The number of benzene rings is 2. The van der Waals surface area contributed by atoms with Gasteiger partial charge in [0.2, 0.25) is 0 Å². The van der Waals surface area contributed by atoms with Crippen molar-refractivity contribution >= 4 is 35.6 Å². The van der Waals surface area contributed by atoms with Gasteiger partial charge in [-0.05, 0) is 55.3 Å². The number of halogens is 3. The molecule has 0 aliphatic carbocycles. The Bertz CT molecular complexity index is 708. The van der Waals surface area contributed by atoms with Crippen LogP contribution < -0.4 is 14.8 Å². The van der Waals surface area contributed by atoms with Gasteiger partial charge < -0.3 is 14.8 Å². The first-order chi connectivity index (χ1) is 13.6. The van der Waals surface area contributed by atoms with Crippen LogP contribution in [0.5, 0.6) is 11.5 Å². The number of rotatable bonds is 13. The van der Waals surface area contributed by atoms with Gasteiger partial charge in [-0.25, -0.2) is 0 Å². The zero-order valence-electron chi connectivity index (χ0n) is 17.3. The van der Waals surface area contributed by atoms with Crippen LogP contribution in [-0.4, -0.2) is 13.2 Å². The van der Waals surface area contributed by atoms with Crippen molar-refractivity contribution in [2.45, 2.75) is 59.1 Å². The van der Waals surface area contributed by atoms with E-state index in [0.717, 1.165) is 24.2 Å². The molecule has 0 saturated carbocycles. The van der Waals surface area contributed by atoms with Gasteiger partial charge in [0.1, 0.15) is 6.61 Å². The van der Waals surface area contributed by atoms with Crippen molar-refractivity contribution in [3.8, 4) is 11.5 Å². The van der Waals surface area contributed by atoms with E-state index >= 15 is 0 Å². The van der Waals surface area contributed by atoms with E-state index in [1.807, 2.05) is 43.3 Å². The van der Waals surface area contributed by atoms with Gasteiger partial charge in [0.15, 0.2) is 11.5 Å². The summed E-state index contributed by atoms with van der Waals surface area (Å²) in [6, 6.07) is 11.5. The summed E-state index contributed by atoms with van der Waals surface area (Å²) in [5, 5.41) is 4.77. The normalized spacial score (nSPS) is 10.5. The van der Waals surface area contributed by atoms with Gasteiger partial charge in [-0.15, -0.1) is 12.4 Å². The smallest absolute Gasteiger partial charge is 0.180 e. The predicted octanol–water partition coefficient (Wildman–Crippen LogP) is 7.45. The van der Waals surface area contributed by atoms with Crippen LogP contribution in [0.2, 0.25) is 10.0 Å². The summed E-state index contributed by atoms with van der Waals surface area (Å²) < 4.78 is 11.7. The maximum Gasteiger partial charge on any atom is 0.180 e. The molecule has 0 amide bonds. The SMILES string of the molecule is CCCCCCCNCc1cc(Cl)c(OCc2ccc(Cl)cc2)c(OCC)c1.Cl. The highest BCUT2D eigenvalue weighted by Crippen LogP contribution is 2.37. The highest BCUT2D eigenvalue weighted by Gasteiger charge is 2.13. The molecule has 0 atom stereocenters. The summed E-state index contributed by atoms with van der Waals surface area (Å²) in [7, 11) is 0. The molecule has 0 aromatic heterocycles. The van der Waals surface area contributed by atoms with Crippen LogP contribution in [0.15, 0.2) is 36.4 Å². The number of ether oxygens (including phenoxy) is 2. The Balaban J connectivity index is 0.00000420. The van der Waals surface area contributed by atoms with Crippen molar-refractivity contribution in [3.63, 3.8) is 0 Å². The minimum absolute atomic E-state index is 0. The summed E-state index contributed by atoms with van der Waals surface area (Å²) in [4.78, 5) is 0. The highest BCUT2D eigenvalue weighted by atomic mass is 35.5. The van der Waals surface area contributed by atoms with Gasteiger partial charge in [0, 0.05) is 11.6 Å². The van der Waals surface area contributed by atoms with Crippen molar-refractivity contribution in [2.24, 2.45) is 0 Å². The second kappa shape index (κ2) is 14.8. The number of unbranched alkanes of at least 4 members (excludes halogenated alkanes) is 4. The van der Waals surface area contributed by atoms with Gasteiger partial charge in [0.25, 0.3) is 0 Å². The fraction of sp³-hybridized carbons (Fsp3) is 0.478. The van der Waals surface area contributed by atoms with E-state index in [9.17, 15) is 0 Å². The number of nitrogens with one attached hydrogen (secondary N) is 1. The van der Waals surface area contributed by atoms with Crippen LogP contribution in [0.1, 0.15) is 57.1 Å². The zero-order chi connectivity index (χ0) is 20.2. The maximum absolute atomic E-state index is 6.51. The lowest BCUT2D eigenvalue weighted by atomic mass is 10.1. The second-order valence-electron chi connectivity index (χ2n) is 6.84. The van der Waals surface area contributed by atoms with E-state index in [2.05, 4.69) is 12.2 Å². The molecule has 2 aromatic rings. The number of hydrogen-bond donors (Lipinski definition) is 1. The quantitative estimate of drug-likeness (QED) is 0.315. The molecule has 0 radical (unpaired) electrons. The Morgan fingerprint density at radius 1 is 0.862 bits per heavy atom. The molecule has 162 valence electrons. The average molecular weight is 461 g/mol. The topological polar surface area (TPSA) is 30.5 Å². The molecule has 1 N–H and O–H groups in total. The van der Waals surface area contributed by atoms with Crippen LogP contribution in [0, 0.1) is 0 Å². The van der Waals surface area contributed by atoms with Crippen molar-refractivity contribution in [3.05, 3.63) is 57.6 Å². The molecule has 2 aromatic carbocycles. The van der Waals surface area contributed by atoms with Crippen molar-refractivity contribution in [1.82, 2.24) is 5.32 Å². The molecular weight excluding hydrogens is 429 g/mol. The van der Waals surface area contributed by atoms with Gasteiger partial charge in [-0.2, -0.15) is 0 Å². The second-order valence-corrected chi connectivity index (χ2v) is 7.69. The highest BCUT2D eigenvalue weighted by molar-refractivity contribution is 6.32. The van der Waals surface area contributed by atoms with E-state index < -0.39 is 0 Å². The zero-order valence-corrected chi connectivity index (χ0v) is 19.6. The molecule has 0 unspecified atom stereocenters. The molecule has 0 aliphatic rings. The molecule has 0 aliphatic heterocycles. The molecule has 0 bridgehead atoms. The van der Waals surface area contributed by atoms with Crippen LogP contribution in [0.3, 0.4) is 0 Å². The fourth-order valence-corrected chi connectivity index (χ4v) is 3.36. The van der Waals surface area contributed by atoms with Crippen molar-refractivity contribution < 1.29 is 9.47 Å². The van der Waals surface area contributed by atoms with Crippen molar-refractivity contribution in [1.29, 1.82) is 0 Å². The minimum Gasteiger partial charge on any atom is -0.490 e. The van der Waals surface area contributed by atoms with Crippen LogP contribution in [0.25, 0.3) is 0 Å². The lowest BCUT2D eigenvalue weighted by Gasteiger charge is -2.16. The Morgan fingerprint density at radius 3 is 2.28 bits per heavy atom. The summed E-state index contributed by atoms with van der Waals surface area (Å²) in [6.45, 7) is 6.94. The molecule has 3 nitrogen and oxygen atoms in total. The Hall–Kier alpha value is -1.13.